The summed E-state index contributed by atoms with van der Waals surface area (Å²) in [7, 11) is 1.60. The van der Waals surface area contributed by atoms with Crippen LogP contribution in [0.5, 0.6) is 5.75 Å². The van der Waals surface area contributed by atoms with Crippen LogP contribution in [0.1, 0.15) is 21.6 Å². The van der Waals surface area contributed by atoms with Crippen molar-refractivity contribution in [3.63, 3.8) is 0 Å². The molecule has 0 aliphatic rings. The highest BCUT2D eigenvalue weighted by atomic mass is 35.5. The van der Waals surface area contributed by atoms with Crippen molar-refractivity contribution in [3.05, 3.63) is 70.6 Å². The maximum absolute atomic E-state index is 12.5. The predicted molar refractivity (Wildman–Crippen MR) is 107 cm³/mol. The van der Waals surface area contributed by atoms with Gasteiger partial charge in [0.25, 0.3) is 5.91 Å². The Morgan fingerprint density at radius 3 is 2.63 bits per heavy atom. The number of halogens is 1. The van der Waals surface area contributed by atoms with E-state index in [4.69, 9.17) is 16.3 Å². The van der Waals surface area contributed by atoms with E-state index in [1.807, 2.05) is 38.1 Å². The van der Waals surface area contributed by atoms with Gasteiger partial charge in [0.05, 0.1) is 12.8 Å². The zero-order chi connectivity index (χ0) is 19.4. The van der Waals surface area contributed by atoms with Gasteiger partial charge in [-0.2, -0.15) is 0 Å². The summed E-state index contributed by atoms with van der Waals surface area (Å²) in [6, 6.07) is 12.7. The van der Waals surface area contributed by atoms with E-state index < -0.39 is 0 Å². The highest BCUT2D eigenvalue weighted by molar-refractivity contribution is 6.31. The van der Waals surface area contributed by atoms with Gasteiger partial charge in [0.1, 0.15) is 23.6 Å². The molecule has 1 heterocycles. The number of aromatic nitrogens is 2. The fourth-order valence-electron chi connectivity index (χ4n) is 2.47. The highest BCUT2D eigenvalue weighted by Crippen LogP contribution is 2.28. The summed E-state index contributed by atoms with van der Waals surface area (Å²) in [5.41, 5.74) is 3.60. The van der Waals surface area contributed by atoms with E-state index in [0.29, 0.717) is 22.3 Å². The van der Waals surface area contributed by atoms with Gasteiger partial charge < -0.3 is 15.4 Å². The van der Waals surface area contributed by atoms with E-state index in [9.17, 15) is 4.79 Å². The van der Waals surface area contributed by atoms with Crippen LogP contribution in [0.25, 0.3) is 0 Å². The number of benzene rings is 2. The van der Waals surface area contributed by atoms with Crippen LogP contribution in [0, 0.1) is 13.8 Å². The van der Waals surface area contributed by atoms with Crippen LogP contribution in [0.4, 0.5) is 17.2 Å². The average Bonchev–Trinajstić information content (AvgIpc) is 2.65. The second-order valence-electron chi connectivity index (χ2n) is 6.04. The van der Waals surface area contributed by atoms with E-state index >= 15 is 0 Å². The van der Waals surface area contributed by atoms with E-state index in [2.05, 4.69) is 20.6 Å². The minimum absolute atomic E-state index is 0.232. The number of methoxy groups -OCH3 is 1. The van der Waals surface area contributed by atoms with Crippen LogP contribution in [0.15, 0.2) is 48.8 Å². The van der Waals surface area contributed by atoms with Gasteiger partial charge >= 0.3 is 0 Å². The quantitative estimate of drug-likeness (QED) is 0.665. The molecule has 0 radical (unpaired) electrons. The highest BCUT2D eigenvalue weighted by Gasteiger charge is 2.11. The Labute approximate surface area is 162 Å². The smallest absolute Gasteiger partial charge is 0.274 e. The summed E-state index contributed by atoms with van der Waals surface area (Å²) in [4.78, 5) is 20.7. The lowest BCUT2D eigenvalue weighted by Crippen LogP contribution is -2.14. The Morgan fingerprint density at radius 1 is 1.07 bits per heavy atom. The van der Waals surface area contributed by atoms with Gasteiger partial charge in [-0.05, 0) is 49.2 Å². The van der Waals surface area contributed by atoms with Crippen molar-refractivity contribution in [2.75, 3.05) is 17.7 Å². The lowest BCUT2D eigenvalue weighted by atomic mass is 10.2. The van der Waals surface area contributed by atoms with Crippen molar-refractivity contribution in [1.29, 1.82) is 0 Å². The van der Waals surface area contributed by atoms with Crippen LogP contribution in [0.2, 0.25) is 5.02 Å². The first kappa shape index (κ1) is 18.7. The molecule has 2 aromatic carbocycles. The molecular formula is C20H19ClN4O2. The number of nitrogens with zero attached hydrogens (tertiary/aromatic N) is 2. The monoisotopic (exact) mass is 382 g/mol. The normalized spacial score (nSPS) is 10.4. The number of nitrogens with one attached hydrogen (secondary N) is 2. The number of ether oxygens (including phenoxy) is 1. The number of anilines is 3. The first-order chi connectivity index (χ1) is 13.0. The Hall–Kier alpha value is -3.12. The van der Waals surface area contributed by atoms with Crippen LogP contribution < -0.4 is 15.4 Å². The molecule has 1 aromatic heterocycles. The van der Waals surface area contributed by atoms with Gasteiger partial charge in [0.2, 0.25) is 0 Å². The van der Waals surface area contributed by atoms with E-state index in [1.54, 1.807) is 25.3 Å². The Bertz CT molecular complexity index is 991. The number of hydrogen-bond acceptors (Lipinski definition) is 5. The van der Waals surface area contributed by atoms with Gasteiger partial charge in [-0.15, -0.1) is 0 Å². The second-order valence-corrected chi connectivity index (χ2v) is 6.44. The first-order valence-electron chi connectivity index (χ1n) is 8.27. The molecule has 2 N–H and O–H groups in total. The molecule has 0 saturated carbocycles. The van der Waals surface area contributed by atoms with Crippen LogP contribution in [0.3, 0.4) is 0 Å². The molecule has 0 atom stereocenters. The minimum Gasteiger partial charge on any atom is -0.495 e. The number of aryl methyl sites for hydroxylation is 2. The third kappa shape index (κ3) is 4.54. The molecule has 6 nitrogen and oxygen atoms in total. The van der Waals surface area contributed by atoms with Crippen molar-refractivity contribution in [2.45, 2.75) is 13.8 Å². The summed E-state index contributed by atoms with van der Waals surface area (Å²) < 4.78 is 5.35. The molecule has 27 heavy (non-hydrogen) atoms. The van der Waals surface area contributed by atoms with Gasteiger partial charge in [0, 0.05) is 16.8 Å². The topological polar surface area (TPSA) is 76.1 Å². The van der Waals surface area contributed by atoms with Crippen molar-refractivity contribution >= 4 is 34.7 Å². The zero-order valence-corrected chi connectivity index (χ0v) is 16.0. The number of carbonyl (C=O) groups excluding carboxylic acids is 1. The summed E-state index contributed by atoms with van der Waals surface area (Å²) in [6.07, 6.45) is 1.33. The Kier molecular flexibility index (Phi) is 5.57. The molecular weight excluding hydrogens is 364 g/mol. The molecule has 1 amide bonds. The lowest BCUT2D eigenvalue weighted by molar-refractivity contribution is 0.102. The third-order valence-electron chi connectivity index (χ3n) is 3.95. The van der Waals surface area contributed by atoms with Gasteiger partial charge in [-0.3, -0.25) is 4.79 Å². The number of hydrogen-bond donors (Lipinski definition) is 2. The zero-order valence-electron chi connectivity index (χ0n) is 15.2. The SMILES string of the molecule is COc1ccc(C)cc1Nc1cc(C(=O)Nc2ccc(C)c(Cl)c2)ncn1. The number of amides is 1. The largest absolute Gasteiger partial charge is 0.495 e. The summed E-state index contributed by atoms with van der Waals surface area (Å²) in [6.45, 7) is 3.88. The average molecular weight is 383 g/mol. The first-order valence-corrected chi connectivity index (χ1v) is 8.65. The predicted octanol–water partition coefficient (Wildman–Crippen LogP) is 4.75. The van der Waals surface area contributed by atoms with Crippen molar-refractivity contribution in [2.24, 2.45) is 0 Å². The Morgan fingerprint density at radius 2 is 1.89 bits per heavy atom. The van der Waals surface area contributed by atoms with Gasteiger partial charge in [0.15, 0.2) is 0 Å². The van der Waals surface area contributed by atoms with Crippen molar-refractivity contribution < 1.29 is 9.53 Å². The standard InChI is InChI=1S/C20H19ClN4O2/c1-12-4-7-18(27-3)16(8-12)25-19-10-17(22-11-23-19)20(26)24-14-6-5-13(2)15(21)9-14/h4-11H,1-3H3,(H,24,26)(H,22,23,25). The molecule has 7 heteroatoms. The molecule has 0 spiro atoms. The van der Waals surface area contributed by atoms with Crippen molar-refractivity contribution in [1.82, 2.24) is 9.97 Å². The van der Waals surface area contributed by atoms with E-state index in [0.717, 1.165) is 16.8 Å². The van der Waals surface area contributed by atoms with Gasteiger partial charge in [-0.25, -0.2) is 9.97 Å². The lowest BCUT2D eigenvalue weighted by Gasteiger charge is -2.12. The maximum Gasteiger partial charge on any atom is 0.274 e. The minimum atomic E-state index is -0.350. The Balaban J connectivity index is 1.80. The maximum atomic E-state index is 12.5. The molecule has 138 valence electrons. The molecule has 0 bridgehead atoms. The van der Waals surface area contributed by atoms with Crippen LogP contribution in [-0.4, -0.2) is 23.0 Å². The molecule has 3 rings (SSSR count). The molecule has 0 fully saturated rings. The second kappa shape index (κ2) is 8.05. The molecule has 0 aliphatic carbocycles. The van der Waals surface area contributed by atoms with E-state index in [-0.39, 0.29) is 11.6 Å². The van der Waals surface area contributed by atoms with Crippen molar-refractivity contribution in [3.8, 4) is 5.75 Å². The summed E-state index contributed by atoms with van der Waals surface area (Å²) in [5.74, 6) is 0.817. The molecule has 0 saturated heterocycles. The fraction of sp³-hybridized carbons (Fsp3) is 0.150. The van der Waals surface area contributed by atoms with Crippen LogP contribution in [-0.2, 0) is 0 Å². The van der Waals surface area contributed by atoms with E-state index in [1.165, 1.54) is 6.33 Å². The number of rotatable bonds is 5. The third-order valence-corrected chi connectivity index (χ3v) is 4.35. The van der Waals surface area contributed by atoms with Gasteiger partial charge in [-0.1, -0.05) is 23.7 Å². The molecule has 0 aliphatic heterocycles. The summed E-state index contributed by atoms with van der Waals surface area (Å²) in [5, 5.41) is 6.53. The molecule has 0 unspecified atom stereocenters. The number of carbonyl (C=O) groups is 1. The van der Waals surface area contributed by atoms with Crippen LogP contribution >= 0.6 is 11.6 Å². The summed E-state index contributed by atoms with van der Waals surface area (Å²) >= 11 is 6.10. The molecule has 3 aromatic rings. The fourth-order valence-corrected chi connectivity index (χ4v) is 2.65.